The monoisotopic (exact) mass is 486 g/mol. The first-order chi connectivity index (χ1) is 16.9. The molecule has 0 bridgehead atoms. The quantitative estimate of drug-likeness (QED) is 0.305. The molecule has 5 rings (SSSR count). The number of imidazole rings is 1. The number of ether oxygens (including phenoxy) is 1. The maximum atomic E-state index is 13.1. The molecule has 0 radical (unpaired) electrons. The van der Waals surface area contributed by atoms with Gasteiger partial charge in [-0.25, -0.2) is 19.2 Å². The average molecular weight is 487 g/mol. The van der Waals surface area contributed by atoms with Crippen LogP contribution in [0, 0.1) is 12.7 Å². The first kappa shape index (κ1) is 22.4. The number of halogens is 1. The maximum Gasteiger partial charge on any atom is 0.338 e. The Hall–Kier alpha value is -4.37. The zero-order valence-corrected chi connectivity index (χ0v) is 19.4. The van der Waals surface area contributed by atoms with E-state index < -0.39 is 18.5 Å². The number of H-pyrrole nitrogens is 1. The van der Waals surface area contributed by atoms with Gasteiger partial charge >= 0.3 is 5.97 Å². The number of nitrogens with one attached hydrogen (secondary N) is 2. The number of aromatic nitrogens is 3. The Morgan fingerprint density at radius 2 is 1.74 bits per heavy atom. The van der Waals surface area contributed by atoms with Crippen LogP contribution in [0.15, 0.2) is 72.1 Å². The number of hydrogen-bond donors (Lipinski definition) is 2. The zero-order valence-electron chi connectivity index (χ0n) is 18.5. The summed E-state index contributed by atoms with van der Waals surface area (Å²) in [6, 6.07) is 18.9. The molecule has 0 fully saturated rings. The minimum absolute atomic E-state index is 0.303. The average Bonchev–Trinajstić information content (AvgIpc) is 3.50. The van der Waals surface area contributed by atoms with E-state index >= 15 is 0 Å². The van der Waals surface area contributed by atoms with E-state index in [1.165, 1.54) is 23.5 Å². The van der Waals surface area contributed by atoms with Crippen LogP contribution in [0.25, 0.3) is 33.7 Å². The molecule has 0 aliphatic heterocycles. The highest BCUT2D eigenvalue weighted by molar-refractivity contribution is 7.14. The van der Waals surface area contributed by atoms with E-state index in [1.54, 1.807) is 35.7 Å². The molecular weight excluding hydrogens is 467 g/mol. The number of hydrogen-bond acceptors (Lipinski definition) is 6. The van der Waals surface area contributed by atoms with Crippen molar-refractivity contribution in [2.45, 2.75) is 6.92 Å². The van der Waals surface area contributed by atoms with Crippen molar-refractivity contribution in [3.05, 3.63) is 89.1 Å². The van der Waals surface area contributed by atoms with Gasteiger partial charge in [0.25, 0.3) is 5.91 Å². The number of fused-ring (bicyclic) bond motifs is 1. The molecule has 3 aromatic carbocycles. The molecule has 7 nitrogen and oxygen atoms in total. The number of anilines is 1. The van der Waals surface area contributed by atoms with Crippen molar-refractivity contribution in [1.29, 1.82) is 0 Å². The number of rotatable bonds is 6. The summed E-state index contributed by atoms with van der Waals surface area (Å²) in [6.07, 6.45) is 0. The number of nitrogens with zero attached hydrogens (tertiary/aromatic N) is 2. The standard InChI is InChI=1S/C26H19FN4O3S/c1-15-2-4-17(5-3-15)24-28-20-11-8-18(12-21(20)29-24)25(33)34-13-23(32)31-26-30-22(14-35-26)16-6-9-19(27)10-7-16/h2-12,14H,13H2,1H3,(H,28,29)(H,30,31,32). The Kier molecular flexibility index (Phi) is 6.07. The molecule has 0 aliphatic rings. The number of benzene rings is 3. The fourth-order valence-corrected chi connectivity index (χ4v) is 4.17. The highest BCUT2D eigenvalue weighted by Gasteiger charge is 2.14. The fourth-order valence-electron chi connectivity index (χ4n) is 3.44. The van der Waals surface area contributed by atoms with Gasteiger partial charge in [-0.1, -0.05) is 29.8 Å². The first-order valence-corrected chi connectivity index (χ1v) is 11.6. The first-order valence-electron chi connectivity index (χ1n) is 10.7. The molecule has 0 saturated carbocycles. The lowest BCUT2D eigenvalue weighted by atomic mass is 10.1. The third-order valence-corrected chi connectivity index (χ3v) is 6.03. The molecule has 0 atom stereocenters. The number of esters is 1. The lowest BCUT2D eigenvalue weighted by molar-refractivity contribution is -0.119. The number of amides is 1. The van der Waals surface area contributed by atoms with Gasteiger partial charge in [0.15, 0.2) is 11.7 Å². The Morgan fingerprint density at radius 3 is 2.51 bits per heavy atom. The van der Waals surface area contributed by atoms with E-state index in [0.29, 0.717) is 27.7 Å². The Balaban J connectivity index is 1.20. The second kappa shape index (κ2) is 9.47. The summed E-state index contributed by atoms with van der Waals surface area (Å²) in [4.78, 5) is 36.8. The Labute approximate surface area is 203 Å². The number of carbonyl (C=O) groups is 2. The van der Waals surface area contributed by atoms with Gasteiger partial charge in [-0.3, -0.25) is 10.1 Å². The number of aryl methyl sites for hydroxylation is 1. The van der Waals surface area contributed by atoms with Crippen LogP contribution in [-0.2, 0) is 9.53 Å². The molecular formula is C26H19FN4O3S. The minimum atomic E-state index is -0.625. The van der Waals surface area contributed by atoms with E-state index in [4.69, 9.17) is 4.74 Å². The third kappa shape index (κ3) is 5.10. The van der Waals surface area contributed by atoms with Gasteiger partial charge in [0.2, 0.25) is 0 Å². The summed E-state index contributed by atoms with van der Waals surface area (Å²) in [7, 11) is 0. The molecule has 5 aromatic rings. The molecule has 0 aliphatic carbocycles. The van der Waals surface area contributed by atoms with E-state index in [-0.39, 0.29) is 5.82 Å². The summed E-state index contributed by atoms with van der Waals surface area (Å²) < 4.78 is 18.3. The second-order valence-electron chi connectivity index (χ2n) is 7.85. The van der Waals surface area contributed by atoms with Crippen LogP contribution in [0.4, 0.5) is 9.52 Å². The normalized spacial score (nSPS) is 10.9. The summed E-state index contributed by atoms with van der Waals surface area (Å²) in [5, 5.41) is 4.71. The van der Waals surface area contributed by atoms with Crippen LogP contribution in [0.5, 0.6) is 0 Å². The lowest BCUT2D eigenvalue weighted by Crippen LogP contribution is -2.20. The van der Waals surface area contributed by atoms with E-state index in [2.05, 4.69) is 20.3 Å². The highest BCUT2D eigenvalue weighted by Crippen LogP contribution is 2.25. The van der Waals surface area contributed by atoms with Gasteiger partial charge < -0.3 is 9.72 Å². The van der Waals surface area contributed by atoms with Crippen molar-refractivity contribution in [1.82, 2.24) is 15.0 Å². The van der Waals surface area contributed by atoms with Crippen LogP contribution < -0.4 is 5.32 Å². The topological polar surface area (TPSA) is 97.0 Å². The van der Waals surface area contributed by atoms with Crippen molar-refractivity contribution in [2.24, 2.45) is 0 Å². The minimum Gasteiger partial charge on any atom is -0.452 e. The van der Waals surface area contributed by atoms with Crippen molar-refractivity contribution in [3.63, 3.8) is 0 Å². The number of thiazole rings is 1. The molecule has 1 amide bonds. The smallest absolute Gasteiger partial charge is 0.338 e. The van der Waals surface area contributed by atoms with E-state index in [0.717, 1.165) is 22.2 Å². The fraction of sp³-hybridized carbons (Fsp3) is 0.0769. The van der Waals surface area contributed by atoms with Gasteiger partial charge in [-0.2, -0.15) is 0 Å². The summed E-state index contributed by atoms with van der Waals surface area (Å²) in [5.41, 5.74) is 5.15. The summed E-state index contributed by atoms with van der Waals surface area (Å²) in [6.45, 7) is 1.56. The van der Waals surface area contributed by atoms with Gasteiger partial charge in [-0.05, 0) is 49.4 Å². The molecule has 0 unspecified atom stereocenters. The van der Waals surface area contributed by atoms with Gasteiger partial charge in [0, 0.05) is 16.5 Å². The van der Waals surface area contributed by atoms with E-state index in [1.807, 2.05) is 31.2 Å². The molecule has 0 saturated heterocycles. The molecule has 35 heavy (non-hydrogen) atoms. The van der Waals surface area contributed by atoms with Crippen molar-refractivity contribution in [3.8, 4) is 22.6 Å². The third-order valence-electron chi connectivity index (χ3n) is 5.27. The predicted octanol–water partition coefficient (Wildman–Crippen LogP) is 5.60. The maximum absolute atomic E-state index is 13.1. The second-order valence-corrected chi connectivity index (χ2v) is 8.71. The largest absolute Gasteiger partial charge is 0.452 e. The van der Waals surface area contributed by atoms with Crippen molar-refractivity contribution >= 4 is 39.4 Å². The molecule has 0 spiro atoms. The molecule has 2 N–H and O–H groups in total. The molecule has 174 valence electrons. The van der Waals surface area contributed by atoms with Crippen LogP contribution in [-0.4, -0.2) is 33.4 Å². The molecule has 2 aromatic heterocycles. The summed E-state index contributed by atoms with van der Waals surface area (Å²) in [5.74, 6) is -0.770. The van der Waals surface area contributed by atoms with Gasteiger partial charge in [0.05, 0.1) is 22.3 Å². The Morgan fingerprint density at radius 1 is 1.00 bits per heavy atom. The van der Waals surface area contributed by atoms with Crippen LogP contribution in [0.1, 0.15) is 15.9 Å². The number of aromatic amines is 1. The van der Waals surface area contributed by atoms with Gasteiger partial charge in [-0.15, -0.1) is 11.3 Å². The molecule has 2 heterocycles. The van der Waals surface area contributed by atoms with Crippen molar-refractivity contribution in [2.75, 3.05) is 11.9 Å². The zero-order chi connectivity index (χ0) is 24.4. The highest BCUT2D eigenvalue weighted by atomic mass is 32.1. The molecule has 9 heteroatoms. The lowest BCUT2D eigenvalue weighted by Gasteiger charge is -2.05. The van der Waals surface area contributed by atoms with Crippen molar-refractivity contribution < 1.29 is 18.7 Å². The van der Waals surface area contributed by atoms with E-state index in [9.17, 15) is 14.0 Å². The van der Waals surface area contributed by atoms with Crippen LogP contribution in [0.3, 0.4) is 0 Å². The van der Waals surface area contributed by atoms with Crippen LogP contribution in [0.2, 0.25) is 0 Å². The van der Waals surface area contributed by atoms with Crippen LogP contribution >= 0.6 is 11.3 Å². The number of carbonyl (C=O) groups excluding carboxylic acids is 2. The van der Waals surface area contributed by atoms with Gasteiger partial charge in [0.1, 0.15) is 11.6 Å². The predicted molar refractivity (Wildman–Crippen MR) is 133 cm³/mol. The SMILES string of the molecule is Cc1ccc(-c2nc3ccc(C(=O)OCC(=O)Nc4nc(-c5ccc(F)cc5)cs4)cc3[nH]2)cc1. The Bertz CT molecular complexity index is 1520. The summed E-state index contributed by atoms with van der Waals surface area (Å²) >= 11 is 1.22.